The Morgan fingerprint density at radius 2 is 0.618 bits per heavy atom. The third kappa shape index (κ3) is 16.2. The van der Waals surface area contributed by atoms with E-state index < -0.39 is 0 Å². The molecule has 0 aliphatic carbocycles. The summed E-state index contributed by atoms with van der Waals surface area (Å²) in [4.78, 5) is 0. The van der Waals surface area contributed by atoms with Crippen LogP contribution < -0.4 is 11.5 Å². The van der Waals surface area contributed by atoms with Crippen LogP contribution in [0.15, 0.2) is 97.1 Å². The maximum absolute atomic E-state index is 6.12. The van der Waals surface area contributed by atoms with Gasteiger partial charge in [0.05, 0.1) is 0 Å². The van der Waals surface area contributed by atoms with E-state index in [4.69, 9.17) is 11.5 Å². The maximum atomic E-state index is 6.12. The fourth-order valence-electron chi connectivity index (χ4n) is 8.67. The van der Waals surface area contributed by atoms with Crippen molar-refractivity contribution >= 4 is 11.4 Å². The molecular weight excluding hydrogens is 665 g/mol. The third-order valence-corrected chi connectivity index (χ3v) is 12.2. The van der Waals surface area contributed by atoms with Gasteiger partial charge in [-0.3, -0.25) is 0 Å². The zero-order valence-corrected chi connectivity index (χ0v) is 35.4. The monoisotopic (exact) mass is 743 g/mol. The summed E-state index contributed by atoms with van der Waals surface area (Å²) in [5.41, 5.74) is 22.5. The lowest BCUT2D eigenvalue weighted by Gasteiger charge is -2.22. The number of unbranched alkanes of at least 4 members (excludes halogenated alkanes) is 16. The van der Waals surface area contributed by atoms with E-state index in [1.54, 1.807) is 0 Å². The van der Waals surface area contributed by atoms with E-state index in [2.05, 4.69) is 118 Å². The van der Waals surface area contributed by atoms with E-state index in [0.29, 0.717) is 17.8 Å². The summed E-state index contributed by atoms with van der Waals surface area (Å²) < 4.78 is 0. The minimum Gasteiger partial charge on any atom is -0.399 e. The fraction of sp³-hybridized carbons (Fsp3) is 0.547. The van der Waals surface area contributed by atoms with E-state index in [-0.39, 0.29) is 0 Å². The summed E-state index contributed by atoms with van der Waals surface area (Å²) >= 11 is 0. The van der Waals surface area contributed by atoms with Gasteiger partial charge in [-0.2, -0.15) is 0 Å². The largest absolute Gasteiger partial charge is 0.399 e. The zero-order chi connectivity index (χ0) is 38.9. The van der Waals surface area contributed by atoms with Gasteiger partial charge < -0.3 is 11.5 Å². The number of hydrogen-bond donors (Lipinski definition) is 2. The molecule has 0 spiro atoms. The van der Waals surface area contributed by atoms with Gasteiger partial charge in [-0.05, 0) is 89.2 Å². The van der Waals surface area contributed by atoms with Crippen molar-refractivity contribution in [2.45, 2.75) is 186 Å². The third-order valence-electron chi connectivity index (χ3n) is 12.2. The molecule has 0 aliphatic rings. The molecule has 0 saturated carbocycles. The number of nitrogen functional groups attached to an aromatic ring is 2. The van der Waals surface area contributed by atoms with Crippen LogP contribution in [0.5, 0.6) is 0 Å². The predicted molar refractivity (Wildman–Crippen MR) is 243 cm³/mol. The van der Waals surface area contributed by atoms with Gasteiger partial charge in [-0.25, -0.2) is 0 Å². The lowest BCUT2D eigenvalue weighted by molar-refractivity contribution is 0.531. The van der Waals surface area contributed by atoms with E-state index >= 15 is 0 Å². The average Bonchev–Trinajstić information content (AvgIpc) is 3.21. The van der Waals surface area contributed by atoms with Gasteiger partial charge in [0.1, 0.15) is 0 Å². The summed E-state index contributed by atoms with van der Waals surface area (Å²) in [7, 11) is 0. The van der Waals surface area contributed by atoms with Crippen molar-refractivity contribution < 1.29 is 0 Å². The fourth-order valence-corrected chi connectivity index (χ4v) is 8.67. The quantitative estimate of drug-likeness (QED) is 0.0430. The molecule has 0 fully saturated rings. The van der Waals surface area contributed by atoms with Crippen molar-refractivity contribution in [2.24, 2.45) is 0 Å². The maximum Gasteiger partial charge on any atom is 0.0314 e. The molecule has 300 valence electrons. The first-order valence-electron chi connectivity index (χ1n) is 22.9. The molecule has 3 unspecified atom stereocenters. The average molecular weight is 743 g/mol. The summed E-state index contributed by atoms with van der Waals surface area (Å²) in [6.07, 6.45) is 30.1. The van der Waals surface area contributed by atoms with Crippen LogP contribution in [0, 0.1) is 0 Å². The molecule has 4 N–H and O–H groups in total. The van der Waals surface area contributed by atoms with E-state index in [0.717, 1.165) is 17.8 Å². The molecule has 2 heteroatoms. The van der Waals surface area contributed by atoms with Gasteiger partial charge in [0.2, 0.25) is 0 Å². The first kappa shape index (κ1) is 44.2. The first-order chi connectivity index (χ1) is 27.0. The number of hydrogen-bond acceptors (Lipinski definition) is 2. The Bertz CT molecular complexity index is 1520. The smallest absolute Gasteiger partial charge is 0.0314 e. The van der Waals surface area contributed by atoms with Crippen LogP contribution in [-0.4, -0.2) is 0 Å². The second kappa shape index (κ2) is 26.4. The Morgan fingerprint density at radius 1 is 0.327 bits per heavy atom. The molecule has 4 aromatic rings. The Kier molecular flexibility index (Phi) is 21.2. The highest BCUT2D eigenvalue weighted by molar-refractivity contribution is 5.44. The highest BCUT2D eigenvalue weighted by Crippen LogP contribution is 2.35. The van der Waals surface area contributed by atoms with Gasteiger partial charge in [0.15, 0.2) is 0 Å². The molecule has 55 heavy (non-hydrogen) atoms. The molecule has 0 radical (unpaired) electrons. The van der Waals surface area contributed by atoms with Crippen LogP contribution in [0.4, 0.5) is 11.4 Å². The molecule has 4 aromatic carbocycles. The SMILES string of the molecule is CCCCCCCCCC(Cc1ccc(C(CCCCCCCC)c2ccc(N)cc2)cc1)c1ccc(C(CCCCCCCC)c2ccc(N)cc2)cc1. The van der Waals surface area contributed by atoms with Crippen molar-refractivity contribution in [1.29, 1.82) is 0 Å². The predicted octanol–water partition coefficient (Wildman–Crippen LogP) is 16.1. The second-order valence-electron chi connectivity index (χ2n) is 16.8. The van der Waals surface area contributed by atoms with Crippen LogP contribution in [0.1, 0.15) is 213 Å². The van der Waals surface area contributed by atoms with Crippen LogP contribution >= 0.6 is 0 Å². The topological polar surface area (TPSA) is 52.0 Å². The van der Waals surface area contributed by atoms with Gasteiger partial charge in [0, 0.05) is 23.2 Å². The Morgan fingerprint density at radius 3 is 1.00 bits per heavy atom. The molecule has 0 aliphatic heterocycles. The van der Waals surface area contributed by atoms with Crippen LogP contribution in [0.2, 0.25) is 0 Å². The zero-order valence-electron chi connectivity index (χ0n) is 35.4. The Balaban J connectivity index is 1.49. The number of nitrogens with two attached hydrogens (primary N) is 2. The van der Waals surface area contributed by atoms with Crippen molar-refractivity contribution in [1.82, 2.24) is 0 Å². The minimum atomic E-state index is 0.417. The lowest BCUT2D eigenvalue weighted by atomic mass is 9.82. The summed E-state index contributed by atoms with van der Waals surface area (Å²) in [5.74, 6) is 1.36. The highest BCUT2D eigenvalue weighted by atomic mass is 14.5. The first-order valence-corrected chi connectivity index (χ1v) is 22.9. The van der Waals surface area contributed by atoms with Crippen LogP contribution in [0.25, 0.3) is 0 Å². The molecule has 2 nitrogen and oxygen atoms in total. The minimum absolute atomic E-state index is 0.417. The Labute approximate surface area is 338 Å². The molecule has 0 heterocycles. The van der Waals surface area contributed by atoms with Gasteiger partial charge in [0.25, 0.3) is 0 Å². The van der Waals surface area contributed by atoms with Gasteiger partial charge >= 0.3 is 0 Å². The molecule has 3 atom stereocenters. The van der Waals surface area contributed by atoms with E-state index in [1.165, 1.54) is 175 Å². The van der Waals surface area contributed by atoms with E-state index in [9.17, 15) is 0 Å². The summed E-state index contributed by atoms with van der Waals surface area (Å²) in [5, 5.41) is 0. The standard InChI is InChI=1S/C53H78N2/c1-4-7-10-13-16-17-20-23-49(44-30-32-46(33-31-44)53(25-22-19-15-12-9-6-3)48-36-40-51(55)41-37-48)42-43-26-28-45(29-27-43)52(24-21-18-14-11-8-5-2)47-34-38-50(54)39-35-47/h26-41,49,52-53H,4-25,42,54-55H2,1-3H3. The molecule has 4 rings (SSSR count). The van der Waals surface area contributed by atoms with Crippen LogP contribution in [0.3, 0.4) is 0 Å². The molecular formula is C53H78N2. The van der Waals surface area contributed by atoms with Gasteiger partial charge in [-0.15, -0.1) is 0 Å². The Hall–Kier alpha value is -3.52. The number of benzene rings is 4. The van der Waals surface area contributed by atoms with Crippen molar-refractivity contribution in [3.05, 3.63) is 130 Å². The molecule has 0 saturated heterocycles. The number of anilines is 2. The lowest BCUT2D eigenvalue weighted by Crippen LogP contribution is -2.07. The van der Waals surface area contributed by atoms with Crippen LogP contribution in [-0.2, 0) is 6.42 Å². The highest BCUT2D eigenvalue weighted by Gasteiger charge is 2.19. The van der Waals surface area contributed by atoms with Crippen molar-refractivity contribution in [3.63, 3.8) is 0 Å². The molecule has 0 aromatic heterocycles. The van der Waals surface area contributed by atoms with Gasteiger partial charge in [-0.1, -0.05) is 216 Å². The van der Waals surface area contributed by atoms with Crippen molar-refractivity contribution in [2.75, 3.05) is 11.5 Å². The van der Waals surface area contributed by atoms with E-state index in [1.807, 2.05) is 0 Å². The molecule has 0 bridgehead atoms. The normalized spacial score (nSPS) is 13.1. The number of rotatable bonds is 29. The summed E-state index contributed by atoms with van der Waals surface area (Å²) in [6.45, 7) is 6.90. The van der Waals surface area contributed by atoms with Crippen molar-refractivity contribution in [3.8, 4) is 0 Å². The molecule has 0 amide bonds. The summed E-state index contributed by atoms with van der Waals surface area (Å²) in [6, 6.07) is 36.9. The second-order valence-corrected chi connectivity index (χ2v) is 16.8.